The van der Waals surface area contributed by atoms with Crippen molar-refractivity contribution in [3.05, 3.63) is 29.6 Å². The molecule has 4 heteroatoms. The van der Waals surface area contributed by atoms with Gasteiger partial charge in [-0.1, -0.05) is 24.9 Å². The average molecular weight is 271 g/mol. The lowest BCUT2D eigenvalue weighted by Crippen LogP contribution is -2.11. The van der Waals surface area contributed by atoms with E-state index in [4.69, 9.17) is 10.3 Å². The molecule has 4 nitrogen and oxygen atoms in total. The van der Waals surface area contributed by atoms with Crippen molar-refractivity contribution in [2.24, 2.45) is 5.92 Å². The molecule has 1 aromatic heterocycles. The highest BCUT2D eigenvalue weighted by atomic mass is 16.5. The molecule has 0 radical (unpaired) electrons. The fourth-order valence-electron chi connectivity index (χ4n) is 2.96. The lowest BCUT2D eigenvalue weighted by atomic mass is 9.83. The summed E-state index contributed by atoms with van der Waals surface area (Å²) in [5.74, 6) is 2.76. The zero-order chi connectivity index (χ0) is 14.1. The summed E-state index contributed by atoms with van der Waals surface area (Å²) >= 11 is 0. The smallest absolute Gasteiger partial charge is 0.258 e. The molecule has 20 heavy (non-hydrogen) atoms. The second-order valence-corrected chi connectivity index (χ2v) is 5.99. The monoisotopic (exact) mass is 271 g/mol. The number of nitrogen functional groups attached to an aromatic ring is 1. The summed E-state index contributed by atoms with van der Waals surface area (Å²) in [6.45, 7) is 4.33. The second kappa shape index (κ2) is 5.27. The molecule has 2 N–H and O–H groups in total. The van der Waals surface area contributed by atoms with Crippen LogP contribution in [0.15, 0.2) is 22.7 Å². The highest BCUT2D eigenvalue weighted by molar-refractivity contribution is 5.62. The first-order chi connectivity index (χ1) is 9.63. The maximum Gasteiger partial charge on any atom is 0.258 e. The predicted octanol–water partition coefficient (Wildman–Crippen LogP) is 3.92. The number of anilines is 1. The second-order valence-electron chi connectivity index (χ2n) is 5.99. The van der Waals surface area contributed by atoms with E-state index in [1.807, 2.05) is 25.1 Å². The van der Waals surface area contributed by atoms with E-state index < -0.39 is 0 Å². The molecule has 1 fully saturated rings. The number of aromatic nitrogens is 2. The first-order valence-corrected chi connectivity index (χ1v) is 7.33. The zero-order valence-corrected chi connectivity index (χ0v) is 12.1. The third kappa shape index (κ3) is 2.55. The summed E-state index contributed by atoms with van der Waals surface area (Å²) in [6.07, 6.45) is 4.85. The molecule has 1 aromatic carbocycles. The Morgan fingerprint density at radius 1 is 1.20 bits per heavy atom. The van der Waals surface area contributed by atoms with Crippen LogP contribution < -0.4 is 5.73 Å². The van der Waals surface area contributed by atoms with E-state index in [-0.39, 0.29) is 0 Å². The summed E-state index contributed by atoms with van der Waals surface area (Å²) in [5, 5.41) is 4.19. The Morgan fingerprint density at radius 3 is 2.65 bits per heavy atom. The van der Waals surface area contributed by atoms with Gasteiger partial charge in [-0.3, -0.25) is 0 Å². The molecule has 3 rings (SSSR count). The SMILES string of the molecule is Cc1cc(N)ccc1-c1nc(C2CCC(C)CC2)no1. The number of nitrogens with two attached hydrogens (primary N) is 1. The molecule has 1 aliphatic carbocycles. The quantitative estimate of drug-likeness (QED) is 0.841. The number of hydrogen-bond donors (Lipinski definition) is 1. The van der Waals surface area contributed by atoms with Crippen LogP contribution >= 0.6 is 0 Å². The third-order valence-corrected chi connectivity index (χ3v) is 4.30. The largest absolute Gasteiger partial charge is 0.399 e. The molecule has 106 valence electrons. The number of rotatable bonds is 2. The van der Waals surface area contributed by atoms with Crippen molar-refractivity contribution in [3.63, 3.8) is 0 Å². The Morgan fingerprint density at radius 2 is 1.95 bits per heavy atom. The highest BCUT2D eigenvalue weighted by Gasteiger charge is 2.24. The minimum Gasteiger partial charge on any atom is -0.399 e. The molecule has 0 bridgehead atoms. The molecule has 0 spiro atoms. The van der Waals surface area contributed by atoms with Gasteiger partial charge in [-0.2, -0.15) is 4.98 Å². The van der Waals surface area contributed by atoms with Crippen molar-refractivity contribution in [1.29, 1.82) is 0 Å². The average Bonchev–Trinajstić information content (AvgIpc) is 2.89. The Kier molecular flexibility index (Phi) is 3.47. The van der Waals surface area contributed by atoms with E-state index in [1.54, 1.807) is 0 Å². The van der Waals surface area contributed by atoms with E-state index in [1.165, 1.54) is 25.7 Å². The summed E-state index contributed by atoms with van der Waals surface area (Å²) in [6, 6.07) is 5.75. The van der Waals surface area contributed by atoms with Crippen LogP contribution in [0.3, 0.4) is 0 Å². The van der Waals surface area contributed by atoms with Gasteiger partial charge in [-0.05, 0) is 49.4 Å². The van der Waals surface area contributed by atoms with Gasteiger partial charge in [0.1, 0.15) is 0 Å². The first-order valence-electron chi connectivity index (χ1n) is 7.33. The number of hydrogen-bond acceptors (Lipinski definition) is 4. The normalized spacial score (nSPS) is 22.9. The van der Waals surface area contributed by atoms with Crippen LogP contribution in [0, 0.1) is 12.8 Å². The molecular formula is C16H21N3O. The van der Waals surface area contributed by atoms with Gasteiger partial charge >= 0.3 is 0 Å². The standard InChI is InChI=1S/C16H21N3O/c1-10-3-5-12(6-4-10)15-18-16(20-19-15)14-8-7-13(17)9-11(14)2/h7-10,12H,3-6,17H2,1-2H3. The lowest BCUT2D eigenvalue weighted by Gasteiger charge is -2.23. The fraction of sp³-hybridized carbons (Fsp3) is 0.500. The first kappa shape index (κ1) is 13.2. The highest BCUT2D eigenvalue weighted by Crippen LogP contribution is 2.35. The Hall–Kier alpha value is -1.84. The minimum absolute atomic E-state index is 0.456. The van der Waals surface area contributed by atoms with Gasteiger partial charge < -0.3 is 10.3 Å². The van der Waals surface area contributed by atoms with E-state index in [2.05, 4.69) is 17.1 Å². The van der Waals surface area contributed by atoms with Gasteiger partial charge in [0.15, 0.2) is 5.82 Å². The van der Waals surface area contributed by atoms with Crippen LogP contribution in [0.5, 0.6) is 0 Å². The van der Waals surface area contributed by atoms with Gasteiger partial charge in [-0.15, -0.1) is 0 Å². The van der Waals surface area contributed by atoms with E-state index in [9.17, 15) is 0 Å². The molecule has 0 unspecified atom stereocenters. The third-order valence-electron chi connectivity index (χ3n) is 4.30. The maximum absolute atomic E-state index is 5.77. The van der Waals surface area contributed by atoms with Crippen molar-refractivity contribution in [3.8, 4) is 11.5 Å². The number of nitrogens with zero attached hydrogens (tertiary/aromatic N) is 2. The molecule has 0 aliphatic heterocycles. The van der Waals surface area contributed by atoms with Crippen molar-refractivity contribution < 1.29 is 4.52 Å². The zero-order valence-electron chi connectivity index (χ0n) is 12.1. The van der Waals surface area contributed by atoms with Gasteiger partial charge in [0.25, 0.3) is 5.89 Å². The van der Waals surface area contributed by atoms with Crippen LogP contribution in [0.2, 0.25) is 0 Å². The Labute approximate surface area is 119 Å². The molecule has 1 aliphatic rings. The number of aryl methyl sites for hydroxylation is 1. The summed E-state index contributed by atoms with van der Waals surface area (Å²) in [7, 11) is 0. The van der Waals surface area contributed by atoms with Gasteiger partial charge in [0.2, 0.25) is 0 Å². The summed E-state index contributed by atoms with van der Waals surface area (Å²) in [4.78, 5) is 4.60. The Balaban J connectivity index is 1.83. The van der Waals surface area contributed by atoms with Gasteiger partial charge in [0.05, 0.1) is 0 Å². The minimum atomic E-state index is 0.456. The van der Waals surface area contributed by atoms with E-state index in [0.717, 1.165) is 28.6 Å². The summed E-state index contributed by atoms with van der Waals surface area (Å²) < 4.78 is 5.45. The molecule has 1 saturated carbocycles. The molecular weight excluding hydrogens is 250 g/mol. The van der Waals surface area contributed by atoms with Crippen LogP contribution in [0.4, 0.5) is 5.69 Å². The van der Waals surface area contributed by atoms with Crippen molar-refractivity contribution in [2.45, 2.75) is 45.4 Å². The van der Waals surface area contributed by atoms with E-state index >= 15 is 0 Å². The predicted molar refractivity (Wildman–Crippen MR) is 79.3 cm³/mol. The number of benzene rings is 1. The van der Waals surface area contributed by atoms with Gasteiger partial charge in [0, 0.05) is 17.2 Å². The maximum atomic E-state index is 5.77. The molecule has 0 amide bonds. The lowest BCUT2D eigenvalue weighted by molar-refractivity contribution is 0.329. The fourth-order valence-corrected chi connectivity index (χ4v) is 2.96. The molecule has 0 atom stereocenters. The van der Waals surface area contributed by atoms with Crippen LogP contribution in [0.25, 0.3) is 11.5 Å². The van der Waals surface area contributed by atoms with Gasteiger partial charge in [-0.25, -0.2) is 0 Å². The topological polar surface area (TPSA) is 64.9 Å². The van der Waals surface area contributed by atoms with Crippen molar-refractivity contribution in [2.75, 3.05) is 5.73 Å². The molecule has 1 heterocycles. The van der Waals surface area contributed by atoms with Crippen LogP contribution in [0.1, 0.15) is 49.9 Å². The molecule has 2 aromatic rings. The molecule has 0 saturated heterocycles. The van der Waals surface area contributed by atoms with Crippen molar-refractivity contribution in [1.82, 2.24) is 10.1 Å². The van der Waals surface area contributed by atoms with E-state index in [0.29, 0.717) is 11.8 Å². The summed E-state index contributed by atoms with van der Waals surface area (Å²) in [5.41, 5.74) is 8.57. The van der Waals surface area contributed by atoms with Crippen LogP contribution in [-0.2, 0) is 0 Å². The van der Waals surface area contributed by atoms with Crippen LogP contribution in [-0.4, -0.2) is 10.1 Å². The van der Waals surface area contributed by atoms with Crippen molar-refractivity contribution >= 4 is 5.69 Å². The Bertz CT molecular complexity index is 598.